The van der Waals surface area contributed by atoms with E-state index in [1.807, 2.05) is 13.8 Å². The van der Waals surface area contributed by atoms with Crippen LogP contribution in [0.4, 0.5) is 0 Å². The normalized spacial score (nSPS) is 10.6. The first-order valence-corrected chi connectivity index (χ1v) is 7.12. The van der Waals surface area contributed by atoms with E-state index in [9.17, 15) is 4.79 Å². The van der Waals surface area contributed by atoms with Crippen molar-refractivity contribution in [2.45, 2.75) is 27.2 Å². The highest BCUT2D eigenvalue weighted by atomic mass is 32.1. The number of aromatic nitrogens is 3. The Hall–Kier alpha value is -1.34. The molecule has 0 atom stereocenters. The van der Waals surface area contributed by atoms with Crippen LogP contribution in [0, 0.1) is 13.8 Å². The molecule has 2 heterocycles. The lowest BCUT2D eigenvalue weighted by Crippen LogP contribution is -2.08. The van der Waals surface area contributed by atoms with Gasteiger partial charge in [-0.25, -0.2) is 4.98 Å². The maximum absolute atomic E-state index is 11.4. The molecule has 18 heavy (non-hydrogen) atoms. The van der Waals surface area contributed by atoms with Gasteiger partial charge in [-0.1, -0.05) is 4.49 Å². The van der Waals surface area contributed by atoms with E-state index in [1.165, 1.54) is 11.5 Å². The van der Waals surface area contributed by atoms with E-state index in [1.54, 1.807) is 18.3 Å². The highest BCUT2D eigenvalue weighted by Gasteiger charge is 2.16. The van der Waals surface area contributed by atoms with Gasteiger partial charge in [0.05, 0.1) is 24.4 Å². The molecule has 0 saturated carbocycles. The van der Waals surface area contributed by atoms with Gasteiger partial charge in [-0.2, -0.15) is 0 Å². The minimum Gasteiger partial charge on any atom is -0.466 e. The van der Waals surface area contributed by atoms with Crippen LogP contribution in [0.3, 0.4) is 0 Å². The molecule has 0 aliphatic carbocycles. The fourth-order valence-corrected chi connectivity index (χ4v) is 3.17. The quantitative estimate of drug-likeness (QED) is 0.806. The van der Waals surface area contributed by atoms with Crippen LogP contribution < -0.4 is 0 Å². The van der Waals surface area contributed by atoms with Gasteiger partial charge in [0, 0.05) is 4.88 Å². The number of ether oxygens (including phenoxy) is 1. The summed E-state index contributed by atoms with van der Waals surface area (Å²) in [4.78, 5) is 17.9. The highest BCUT2D eigenvalue weighted by Crippen LogP contribution is 2.31. The van der Waals surface area contributed by atoms with Crippen LogP contribution in [0.5, 0.6) is 0 Å². The molecule has 0 spiro atoms. The molecule has 7 heteroatoms. The molecule has 2 rings (SSSR count). The topological polar surface area (TPSA) is 65.0 Å². The molecular formula is C11H13N3O2S2. The summed E-state index contributed by atoms with van der Waals surface area (Å²) in [5.74, 6) is -0.239. The van der Waals surface area contributed by atoms with E-state index in [0.29, 0.717) is 6.61 Å². The Labute approximate surface area is 113 Å². The molecule has 0 aromatic carbocycles. The second kappa shape index (κ2) is 5.53. The average molecular weight is 283 g/mol. The summed E-state index contributed by atoms with van der Waals surface area (Å²) < 4.78 is 8.82. The molecule has 2 aromatic rings. The lowest BCUT2D eigenvalue weighted by atomic mass is 10.3. The minimum absolute atomic E-state index is 0.224. The lowest BCUT2D eigenvalue weighted by molar-refractivity contribution is -0.142. The first-order chi connectivity index (χ1) is 8.61. The van der Waals surface area contributed by atoms with Gasteiger partial charge in [0.25, 0.3) is 0 Å². The Morgan fingerprint density at radius 1 is 1.39 bits per heavy atom. The van der Waals surface area contributed by atoms with Crippen molar-refractivity contribution in [1.82, 2.24) is 14.6 Å². The lowest BCUT2D eigenvalue weighted by Gasteiger charge is -1.99. The standard InChI is InChI=1S/C11H13N3O2S2/c1-4-16-9(15)5-8-7(3)17-11(12-8)10-6(2)13-14-18-10/h4-5H2,1-3H3. The highest BCUT2D eigenvalue weighted by molar-refractivity contribution is 7.19. The van der Waals surface area contributed by atoms with Crippen LogP contribution in [0.15, 0.2) is 0 Å². The van der Waals surface area contributed by atoms with E-state index in [4.69, 9.17) is 4.74 Å². The average Bonchev–Trinajstić information content (AvgIpc) is 2.86. The first kappa shape index (κ1) is 13.1. The van der Waals surface area contributed by atoms with Gasteiger partial charge in [-0.15, -0.1) is 16.4 Å². The third-order valence-corrected chi connectivity index (χ3v) is 4.35. The van der Waals surface area contributed by atoms with Crippen molar-refractivity contribution in [2.75, 3.05) is 6.61 Å². The van der Waals surface area contributed by atoms with Gasteiger partial charge >= 0.3 is 5.97 Å². The number of rotatable bonds is 4. The summed E-state index contributed by atoms with van der Waals surface area (Å²) >= 11 is 2.88. The van der Waals surface area contributed by atoms with Crippen LogP contribution in [0.1, 0.15) is 23.2 Å². The van der Waals surface area contributed by atoms with Gasteiger partial charge in [0.15, 0.2) is 0 Å². The predicted octanol–water partition coefficient (Wildman–Crippen LogP) is 2.38. The van der Waals surface area contributed by atoms with E-state index in [0.717, 1.165) is 26.1 Å². The Kier molecular flexibility index (Phi) is 4.03. The molecule has 0 unspecified atom stereocenters. The van der Waals surface area contributed by atoms with Gasteiger partial charge in [0.2, 0.25) is 0 Å². The van der Waals surface area contributed by atoms with Crippen molar-refractivity contribution in [3.05, 3.63) is 16.3 Å². The van der Waals surface area contributed by atoms with Gasteiger partial charge in [-0.05, 0) is 32.3 Å². The summed E-state index contributed by atoms with van der Waals surface area (Å²) in [6, 6.07) is 0. The maximum Gasteiger partial charge on any atom is 0.311 e. The Balaban J connectivity index is 2.22. The van der Waals surface area contributed by atoms with E-state index in [-0.39, 0.29) is 12.4 Å². The van der Waals surface area contributed by atoms with Crippen molar-refractivity contribution in [2.24, 2.45) is 0 Å². The maximum atomic E-state index is 11.4. The summed E-state index contributed by atoms with van der Waals surface area (Å²) in [5.41, 5.74) is 1.65. The smallest absolute Gasteiger partial charge is 0.311 e. The van der Waals surface area contributed by atoms with Crippen molar-refractivity contribution in [3.63, 3.8) is 0 Å². The summed E-state index contributed by atoms with van der Waals surface area (Å²) in [7, 11) is 0. The molecular weight excluding hydrogens is 270 g/mol. The molecule has 0 N–H and O–H groups in total. The zero-order valence-corrected chi connectivity index (χ0v) is 12.0. The Bertz CT molecular complexity index is 562. The number of hydrogen-bond acceptors (Lipinski definition) is 7. The number of carbonyl (C=O) groups is 1. The van der Waals surface area contributed by atoms with Crippen LogP contribution in [-0.4, -0.2) is 27.1 Å². The number of esters is 1. The van der Waals surface area contributed by atoms with E-state index in [2.05, 4.69) is 14.6 Å². The zero-order valence-electron chi connectivity index (χ0n) is 10.4. The first-order valence-electron chi connectivity index (χ1n) is 5.53. The Morgan fingerprint density at radius 3 is 2.78 bits per heavy atom. The van der Waals surface area contributed by atoms with E-state index < -0.39 is 0 Å². The van der Waals surface area contributed by atoms with Crippen LogP contribution >= 0.6 is 22.9 Å². The fourth-order valence-electron chi connectivity index (χ4n) is 1.47. The summed E-state index contributed by atoms with van der Waals surface area (Å²) in [5, 5.41) is 4.84. The number of aryl methyl sites for hydroxylation is 2. The number of hydrogen-bond donors (Lipinski definition) is 0. The third kappa shape index (κ3) is 2.73. The second-order valence-electron chi connectivity index (χ2n) is 3.69. The molecule has 0 amide bonds. The van der Waals surface area contributed by atoms with Gasteiger partial charge in [-0.3, -0.25) is 4.79 Å². The molecule has 0 aliphatic rings. The molecule has 0 radical (unpaired) electrons. The van der Waals surface area contributed by atoms with Gasteiger partial charge < -0.3 is 4.74 Å². The monoisotopic (exact) mass is 283 g/mol. The molecule has 0 saturated heterocycles. The van der Waals surface area contributed by atoms with Crippen LogP contribution in [-0.2, 0) is 16.0 Å². The molecule has 5 nitrogen and oxygen atoms in total. The van der Waals surface area contributed by atoms with Crippen molar-refractivity contribution in [1.29, 1.82) is 0 Å². The molecule has 0 bridgehead atoms. The van der Waals surface area contributed by atoms with Crippen LogP contribution in [0.2, 0.25) is 0 Å². The number of carbonyl (C=O) groups excluding carboxylic acids is 1. The van der Waals surface area contributed by atoms with Crippen molar-refractivity contribution >= 4 is 28.8 Å². The van der Waals surface area contributed by atoms with Crippen LogP contribution in [0.25, 0.3) is 9.88 Å². The third-order valence-electron chi connectivity index (χ3n) is 2.36. The summed E-state index contributed by atoms with van der Waals surface area (Å²) in [6.07, 6.45) is 0.224. The minimum atomic E-state index is -0.239. The zero-order chi connectivity index (χ0) is 13.1. The van der Waals surface area contributed by atoms with E-state index >= 15 is 0 Å². The Morgan fingerprint density at radius 2 is 2.17 bits per heavy atom. The SMILES string of the molecule is CCOC(=O)Cc1nc(-c2snnc2C)sc1C. The van der Waals surface area contributed by atoms with Crippen molar-refractivity contribution in [3.8, 4) is 9.88 Å². The molecule has 0 aliphatic heterocycles. The summed E-state index contributed by atoms with van der Waals surface area (Å²) in [6.45, 7) is 6.05. The predicted molar refractivity (Wildman–Crippen MR) is 70.8 cm³/mol. The number of thiazole rings is 1. The second-order valence-corrected chi connectivity index (χ2v) is 5.65. The van der Waals surface area contributed by atoms with Crippen molar-refractivity contribution < 1.29 is 9.53 Å². The molecule has 0 fully saturated rings. The molecule has 2 aromatic heterocycles. The van der Waals surface area contributed by atoms with Gasteiger partial charge in [0.1, 0.15) is 9.88 Å². The number of nitrogens with zero attached hydrogens (tertiary/aromatic N) is 3. The largest absolute Gasteiger partial charge is 0.466 e. The molecule has 96 valence electrons. The fraction of sp³-hybridized carbons (Fsp3) is 0.455.